The van der Waals surface area contributed by atoms with Crippen LogP contribution in [0.25, 0.3) is 0 Å². The van der Waals surface area contributed by atoms with Gasteiger partial charge in [0, 0.05) is 19.2 Å². The Kier molecular flexibility index (Phi) is 3.83. The molecule has 3 heteroatoms. The Bertz CT molecular complexity index is 102. The SMILES string of the molecule is CC(CO)NCC1CCOC1. The minimum atomic E-state index is 0.216. The molecule has 1 rings (SSSR count). The molecule has 1 fully saturated rings. The third-order valence-electron chi connectivity index (χ3n) is 2.05. The van der Waals surface area contributed by atoms with Crippen molar-refractivity contribution in [2.24, 2.45) is 5.92 Å². The Balaban J connectivity index is 2.01. The highest BCUT2D eigenvalue weighted by Gasteiger charge is 2.15. The molecule has 1 aliphatic heterocycles. The Hall–Kier alpha value is -0.120. The lowest BCUT2D eigenvalue weighted by Crippen LogP contribution is -2.33. The molecule has 0 aromatic heterocycles. The molecule has 1 aliphatic rings. The summed E-state index contributed by atoms with van der Waals surface area (Å²) in [5.74, 6) is 0.656. The molecule has 0 saturated carbocycles. The smallest absolute Gasteiger partial charge is 0.0581 e. The van der Waals surface area contributed by atoms with E-state index in [4.69, 9.17) is 9.84 Å². The van der Waals surface area contributed by atoms with Crippen molar-refractivity contribution < 1.29 is 9.84 Å². The maximum absolute atomic E-state index is 8.71. The van der Waals surface area contributed by atoms with E-state index in [-0.39, 0.29) is 12.6 Å². The second kappa shape index (κ2) is 4.70. The molecule has 0 aliphatic carbocycles. The summed E-state index contributed by atoms with van der Waals surface area (Å²) in [6.07, 6.45) is 1.16. The molecular weight excluding hydrogens is 142 g/mol. The first kappa shape index (κ1) is 8.97. The summed E-state index contributed by atoms with van der Waals surface area (Å²) in [4.78, 5) is 0. The fraction of sp³-hybridized carbons (Fsp3) is 1.00. The van der Waals surface area contributed by atoms with Crippen molar-refractivity contribution in [1.29, 1.82) is 0 Å². The number of rotatable bonds is 4. The maximum Gasteiger partial charge on any atom is 0.0581 e. The standard InChI is InChI=1S/C8H17NO2/c1-7(5-10)9-4-8-2-3-11-6-8/h7-10H,2-6H2,1H3. The van der Waals surface area contributed by atoms with Crippen LogP contribution in [0, 0.1) is 5.92 Å². The van der Waals surface area contributed by atoms with Crippen LogP contribution in [0.15, 0.2) is 0 Å². The second-order valence-corrected chi connectivity index (χ2v) is 3.22. The minimum Gasteiger partial charge on any atom is -0.395 e. The van der Waals surface area contributed by atoms with E-state index in [1.54, 1.807) is 0 Å². The topological polar surface area (TPSA) is 41.5 Å². The molecule has 1 saturated heterocycles. The second-order valence-electron chi connectivity index (χ2n) is 3.22. The van der Waals surface area contributed by atoms with E-state index in [9.17, 15) is 0 Å². The van der Waals surface area contributed by atoms with Crippen molar-refractivity contribution >= 4 is 0 Å². The molecule has 2 N–H and O–H groups in total. The van der Waals surface area contributed by atoms with E-state index in [0.717, 1.165) is 26.2 Å². The number of aliphatic hydroxyl groups is 1. The van der Waals surface area contributed by atoms with Crippen molar-refractivity contribution in [1.82, 2.24) is 5.32 Å². The summed E-state index contributed by atoms with van der Waals surface area (Å²) in [6, 6.07) is 0.218. The number of nitrogens with one attached hydrogen (secondary N) is 1. The normalized spacial score (nSPS) is 27.3. The number of hydrogen-bond acceptors (Lipinski definition) is 3. The highest BCUT2D eigenvalue weighted by atomic mass is 16.5. The van der Waals surface area contributed by atoms with Crippen molar-refractivity contribution in [3.63, 3.8) is 0 Å². The fourth-order valence-electron chi connectivity index (χ4n) is 1.18. The van der Waals surface area contributed by atoms with Gasteiger partial charge in [-0.15, -0.1) is 0 Å². The summed E-state index contributed by atoms with van der Waals surface area (Å²) >= 11 is 0. The number of hydrogen-bond donors (Lipinski definition) is 2. The first-order chi connectivity index (χ1) is 5.33. The molecule has 3 nitrogen and oxygen atoms in total. The Morgan fingerprint density at radius 1 is 1.73 bits per heavy atom. The fourth-order valence-corrected chi connectivity index (χ4v) is 1.18. The molecule has 11 heavy (non-hydrogen) atoms. The van der Waals surface area contributed by atoms with E-state index < -0.39 is 0 Å². The average molecular weight is 159 g/mol. The molecular formula is C8H17NO2. The van der Waals surface area contributed by atoms with Gasteiger partial charge < -0.3 is 15.2 Å². The van der Waals surface area contributed by atoms with Crippen LogP contribution in [-0.4, -0.2) is 37.5 Å². The Labute approximate surface area is 67.7 Å². The molecule has 0 spiro atoms. The molecule has 0 aromatic carbocycles. The number of ether oxygens (including phenoxy) is 1. The van der Waals surface area contributed by atoms with Gasteiger partial charge >= 0.3 is 0 Å². The largest absolute Gasteiger partial charge is 0.395 e. The number of aliphatic hydroxyl groups excluding tert-OH is 1. The van der Waals surface area contributed by atoms with E-state index in [1.165, 1.54) is 0 Å². The molecule has 2 atom stereocenters. The van der Waals surface area contributed by atoms with Crippen molar-refractivity contribution in [2.75, 3.05) is 26.4 Å². The molecule has 0 radical (unpaired) electrons. The van der Waals surface area contributed by atoms with Crippen LogP contribution in [-0.2, 0) is 4.74 Å². The van der Waals surface area contributed by atoms with E-state index >= 15 is 0 Å². The van der Waals surface area contributed by atoms with Gasteiger partial charge in [0.1, 0.15) is 0 Å². The summed E-state index contributed by atoms with van der Waals surface area (Å²) in [7, 11) is 0. The van der Waals surface area contributed by atoms with Crippen LogP contribution < -0.4 is 5.32 Å². The van der Waals surface area contributed by atoms with Gasteiger partial charge in [0.05, 0.1) is 13.2 Å². The molecule has 2 unspecified atom stereocenters. The monoisotopic (exact) mass is 159 g/mol. The van der Waals surface area contributed by atoms with Crippen LogP contribution in [0.4, 0.5) is 0 Å². The van der Waals surface area contributed by atoms with Crippen LogP contribution >= 0.6 is 0 Å². The van der Waals surface area contributed by atoms with Gasteiger partial charge in [0.25, 0.3) is 0 Å². The molecule has 0 bridgehead atoms. The third kappa shape index (κ3) is 3.18. The van der Waals surface area contributed by atoms with Crippen molar-refractivity contribution in [2.45, 2.75) is 19.4 Å². The van der Waals surface area contributed by atoms with Crippen LogP contribution in [0.1, 0.15) is 13.3 Å². The predicted octanol–water partition coefficient (Wildman–Crippen LogP) is -0.00670. The zero-order valence-corrected chi connectivity index (χ0v) is 7.05. The van der Waals surface area contributed by atoms with Gasteiger partial charge in [-0.3, -0.25) is 0 Å². The predicted molar refractivity (Wildman–Crippen MR) is 43.5 cm³/mol. The highest BCUT2D eigenvalue weighted by molar-refractivity contribution is 4.68. The Morgan fingerprint density at radius 3 is 3.09 bits per heavy atom. The van der Waals surface area contributed by atoms with E-state index in [2.05, 4.69) is 5.32 Å². The van der Waals surface area contributed by atoms with Gasteiger partial charge in [0.2, 0.25) is 0 Å². The van der Waals surface area contributed by atoms with Gasteiger partial charge in [0.15, 0.2) is 0 Å². The minimum absolute atomic E-state index is 0.216. The van der Waals surface area contributed by atoms with Gasteiger partial charge in [-0.1, -0.05) is 0 Å². The van der Waals surface area contributed by atoms with Crippen molar-refractivity contribution in [3.8, 4) is 0 Å². The zero-order valence-electron chi connectivity index (χ0n) is 7.05. The first-order valence-corrected chi connectivity index (χ1v) is 4.25. The molecule has 1 heterocycles. The summed E-state index contributed by atoms with van der Waals surface area (Å²) in [5, 5.41) is 12.0. The summed E-state index contributed by atoms with van der Waals surface area (Å²) < 4.78 is 5.22. The first-order valence-electron chi connectivity index (χ1n) is 4.25. The van der Waals surface area contributed by atoms with Crippen LogP contribution in [0.3, 0.4) is 0 Å². The van der Waals surface area contributed by atoms with Crippen LogP contribution in [0.2, 0.25) is 0 Å². The molecule has 66 valence electrons. The zero-order chi connectivity index (χ0) is 8.10. The molecule has 0 amide bonds. The highest BCUT2D eigenvalue weighted by Crippen LogP contribution is 2.10. The van der Waals surface area contributed by atoms with Gasteiger partial charge in [-0.25, -0.2) is 0 Å². The Morgan fingerprint density at radius 2 is 2.55 bits per heavy atom. The lowest BCUT2D eigenvalue weighted by molar-refractivity contribution is 0.182. The average Bonchev–Trinajstić information content (AvgIpc) is 2.52. The van der Waals surface area contributed by atoms with Crippen molar-refractivity contribution in [3.05, 3.63) is 0 Å². The van der Waals surface area contributed by atoms with Gasteiger partial charge in [-0.2, -0.15) is 0 Å². The van der Waals surface area contributed by atoms with Crippen LogP contribution in [0.5, 0.6) is 0 Å². The molecule has 0 aromatic rings. The van der Waals surface area contributed by atoms with E-state index in [1.807, 2.05) is 6.92 Å². The quantitative estimate of drug-likeness (QED) is 0.606. The lowest BCUT2D eigenvalue weighted by Gasteiger charge is -2.13. The third-order valence-corrected chi connectivity index (χ3v) is 2.05. The maximum atomic E-state index is 8.71. The van der Waals surface area contributed by atoms with E-state index in [0.29, 0.717) is 5.92 Å². The summed E-state index contributed by atoms with van der Waals surface area (Å²) in [6.45, 7) is 4.95. The lowest BCUT2D eigenvalue weighted by atomic mass is 10.1. The summed E-state index contributed by atoms with van der Waals surface area (Å²) in [5.41, 5.74) is 0. The van der Waals surface area contributed by atoms with Gasteiger partial charge in [-0.05, 0) is 19.3 Å².